The zero-order chi connectivity index (χ0) is 13.1. The van der Waals surface area contributed by atoms with Crippen LogP contribution in [0.25, 0.3) is 0 Å². The van der Waals surface area contributed by atoms with Crippen molar-refractivity contribution in [3.8, 4) is 6.07 Å². The van der Waals surface area contributed by atoms with Crippen LogP contribution in [0.15, 0.2) is 30.6 Å². The van der Waals surface area contributed by atoms with Gasteiger partial charge in [0.05, 0.1) is 18.2 Å². The van der Waals surface area contributed by atoms with E-state index in [0.29, 0.717) is 23.6 Å². The summed E-state index contributed by atoms with van der Waals surface area (Å²) in [6.07, 6.45) is 3.56. The van der Waals surface area contributed by atoms with Gasteiger partial charge in [-0.3, -0.25) is 0 Å². The quantitative estimate of drug-likeness (QED) is 0.831. The highest BCUT2D eigenvalue weighted by Crippen LogP contribution is 2.16. The van der Waals surface area contributed by atoms with Crippen molar-refractivity contribution in [3.05, 3.63) is 53.4 Å². The summed E-state index contributed by atoms with van der Waals surface area (Å²) in [7, 11) is 0. The minimum absolute atomic E-state index is 0.293. The monoisotopic (exact) mass is 243 g/mol. The molecule has 1 aromatic heterocycles. The van der Waals surface area contributed by atoms with Gasteiger partial charge in [0.1, 0.15) is 11.6 Å². The number of nitriles is 1. The molecule has 0 radical (unpaired) electrons. The minimum Gasteiger partial charge on any atom is -0.330 e. The van der Waals surface area contributed by atoms with Gasteiger partial charge in [-0.05, 0) is 12.1 Å². The highest BCUT2D eigenvalue weighted by Gasteiger charge is 2.10. The Morgan fingerprint density at radius 3 is 2.83 bits per heavy atom. The van der Waals surface area contributed by atoms with Crippen LogP contribution in [-0.2, 0) is 6.54 Å². The molecule has 0 atom stereocenters. The van der Waals surface area contributed by atoms with Gasteiger partial charge in [-0.15, -0.1) is 0 Å². The molecule has 3 nitrogen and oxygen atoms in total. The van der Waals surface area contributed by atoms with Crippen LogP contribution in [0.4, 0.5) is 4.39 Å². The second-order valence-corrected chi connectivity index (χ2v) is 4.49. The SMILES string of the molecule is CC(C)c1nccn1Cc1ccc(C#N)cc1F. The molecule has 92 valence electrons. The molecule has 0 spiro atoms. The maximum atomic E-state index is 13.8. The molecular weight excluding hydrogens is 229 g/mol. The highest BCUT2D eigenvalue weighted by molar-refractivity contribution is 5.33. The van der Waals surface area contributed by atoms with E-state index < -0.39 is 0 Å². The van der Waals surface area contributed by atoms with E-state index in [1.54, 1.807) is 18.3 Å². The lowest BCUT2D eigenvalue weighted by Gasteiger charge is -2.11. The minimum atomic E-state index is -0.350. The Kier molecular flexibility index (Phi) is 3.42. The van der Waals surface area contributed by atoms with Crippen molar-refractivity contribution in [1.82, 2.24) is 9.55 Å². The maximum absolute atomic E-state index is 13.8. The molecule has 0 bridgehead atoms. The molecule has 0 aliphatic rings. The molecule has 0 saturated carbocycles. The lowest BCUT2D eigenvalue weighted by Crippen LogP contribution is -2.07. The number of rotatable bonds is 3. The van der Waals surface area contributed by atoms with Gasteiger partial charge in [-0.25, -0.2) is 9.37 Å². The van der Waals surface area contributed by atoms with Crippen LogP contribution in [0.1, 0.15) is 36.7 Å². The fraction of sp³-hybridized carbons (Fsp3) is 0.286. The number of benzene rings is 1. The predicted octanol–water partition coefficient (Wildman–Crippen LogP) is 3.07. The van der Waals surface area contributed by atoms with Crippen molar-refractivity contribution in [3.63, 3.8) is 0 Å². The highest BCUT2D eigenvalue weighted by atomic mass is 19.1. The van der Waals surface area contributed by atoms with Crippen LogP contribution >= 0.6 is 0 Å². The molecule has 0 fully saturated rings. The second-order valence-electron chi connectivity index (χ2n) is 4.49. The average Bonchev–Trinajstić information content (AvgIpc) is 2.80. The van der Waals surface area contributed by atoms with Crippen molar-refractivity contribution < 1.29 is 4.39 Å². The molecule has 0 aliphatic heterocycles. The fourth-order valence-electron chi connectivity index (χ4n) is 1.88. The Morgan fingerprint density at radius 1 is 1.44 bits per heavy atom. The smallest absolute Gasteiger partial charge is 0.129 e. The van der Waals surface area contributed by atoms with E-state index in [1.165, 1.54) is 6.07 Å². The Labute approximate surface area is 106 Å². The largest absolute Gasteiger partial charge is 0.330 e. The molecule has 1 aromatic carbocycles. The molecule has 0 amide bonds. The summed E-state index contributed by atoms with van der Waals surface area (Å²) in [5.74, 6) is 0.873. The maximum Gasteiger partial charge on any atom is 0.129 e. The van der Waals surface area contributed by atoms with E-state index in [4.69, 9.17) is 5.26 Å². The third-order valence-electron chi connectivity index (χ3n) is 2.79. The van der Waals surface area contributed by atoms with Gasteiger partial charge in [0.2, 0.25) is 0 Å². The van der Waals surface area contributed by atoms with Crippen LogP contribution < -0.4 is 0 Å². The molecule has 0 saturated heterocycles. The lowest BCUT2D eigenvalue weighted by molar-refractivity contribution is 0.588. The van der Waals surface area contributed by atoms with Crippen molar-refractivity contribution in [2.45, 2.75) is 26.3 Å². The van der Waals surface area contributed by atoms with Crippen LogP contribution in [0.2, 0.25) is 0 Å². The Morgan fingerprint density at radius 2 is 2.22 bits per heavy atom. The molecule has 18 heavy (non-hydrogen) atoms. The van der Waals surface area contributed by atoms with E-state index >= 15 is 0 Å². The molecule has 2 aromatic rings. The molecule has 2 rings (SSSR count). The predicted molar refractivity (Wildman–Crippen MR) is 66.5 cm³/mol. The number of nitrogens with zero attached hydrogens (tertiary/aromatic N) is 3. The van der Waals surface area contributed by atoms with Crippen LogP contribution in [-0.4, -0.2) is 9.55 Å². The Balaban J connectivity index is 2.29. The first-order chi connectivity index (χ1) is 8.61. The number of hydrogen-bond donors (Lipinski definition) is 0. The first-order valence-corrected chi connectivity index (χ1v) is 5.81. The van der Waals surface area contributed by atoms with Crippen molar-refractivity contribution in [1.29, 1.82) is 5.26 Å². The Hall–Kier alpha value is -2.15. The van der Waals surface area contributed by atoms with Gasteiger partial charge >= 0.3 is 0 Å². The third-order valence-corrected chi connectivity index (χ3v) is 2.79. The van der Waals surface area contributed by atoms with Crippen molar-refractivity contribution >= 4 is 0 Å². The van der Waals surface area contributed by atoms with Gasteiger partial charge in [0.25, 0.3) is 0 Å². The summed E-state index contributed by atoms with van der Waals surface area (Å²) < 4.78 is 15.7. The van der Waals surface area contributed by atoms with Gasteiger partial charge in [0, 0.05) is 23.9 Å². The van der Waals surface area contributed by atoms with Crippen LogP contribution in [0.3, 0.4) is 0 Å². The van der Waals surface area contributed by atoms with E-state index in [9.17, 15) is 4.39 Å². The third kappa shape index (κ3) is 2.40. The molecule has 4 heteroatoms. The fourth-order valence-corrected chi connectivity index (χ4v) is 1.88. The molecule has 0 aliphatic carbocycles. The summed E-state index contributed by atoms with van der Waals surface area (Å²) in [6, 6.07) is 6.47. The summed E-state index contributed by atoms with van der Waals surface area (Å²) in [6.45, 7) is 4.53. The number of halogens is 1. The van der Waals surface area contributed by atoms with Gasteiger partial charge in [-0.1, -0.05) is 19.9 Å². The van der Waals surface area contributed by atoms with Crippen LogP contribution in [0.5, 0.6) is 0 Å². The summed E-state index contributed by atoms with van der Waals surface area (Å²) in [5.41, 5.74) is 0.903. The van der Waals surface area contributed by atoms with Crippen LogP contribution in [0, 0.1) is 17.1 Å². The van der Waals surface area contributed by atoms with Gasteiger partial charge < -0.3 is 4.57 Å². The molecule has 0 N–H and O–H groups in total. The zero-order valence-electron chi connectivity index (χ0n) is 10.4. The summed E-state index contributed by atoms with van der Waals surface area (Å²) >= 11 is 0. The van der Waals surface area contributed by atoms with Gasteiger partial charge in [0.15, 0.2) is 0 Å². The standard InChI is InChI=1S/C14H14FN3/c1-10(2)14-17-5-6-18(14)9-12-4-3-11(8-16)7-13(12)15/h3-7,10H,9H2,1-2H3. The summed E-state index contributed by atoms with van der Waals surface area (Å²) in [5, 5.41) is 8.69. The number of imidazole rings is 1. The van der Waals surface area contributed by atoms with E-state index in [2.05, 4.69) is 4.98 Å². The van der Waals surface area contributed by atoms with E-state index in [1.807, 2.05) is 30.7 Å². The average molecular weight is 243 g/mol. The second kappa shape index (κ2) is 5.01. The van der Waals surface area contributed by atoms with Crippen molar-refractivity contribution in [2.75, 3.05) is 0 Å². The topological polar surface area (TPSA) is 41.6 Å². The van der Waals surface area contributed by atoms with Gasteiger partial charge in [-0.2, -0.15) is 5.26 Å². The molecule has 0 unspecified atom stereocenters. The Bertz CT molecular complexity index is 593. The molecule has 1 heterocycles. The summed E-state index contributed by atoms with van der Waals surface area (Å²) in [4.78, 5) is 4.26. The zero-order valence-corrected chi connectivity index (χ0v) is 10.4. The van der Waals surface area contributed by atoms with Crippen molar-refractivity contribution in [2.24, 2.45) is 0 Å². The first kappa shape index (κ1) is 12.3. The number of aromatic nitrogens is 2. The normalized spacial score (nSPS) is 10.6. The number of hydrogen-bond acceptors (Lipinski definition) is 2. The van der Waals surface area contributed by atoms with E-state index in [-0.39, 0.29) is 5.82 Å². The van der Waals surface area contributed by atoms with E-state index in [0.717, 1.165) is 5.82 Å². The lowest BCUT2D eigenvalue weighted by atomic mass is 10.1. The first-order valence-electron chi connectivity index (χ1n) is 5.81. The molecular formula is C14H14FN3.